The van der Waals surface area contributed by atoms with Gasteiger partial charge in [0.25, 0.3) is 5.91 Å². The fourth-order valence-electron chi connectivity index (χ4n) is 3.39. The molecule has 0 bridgehead atoms. The normalized spacial score (nSPS) is 10.8. The van der Waals surface area contributed by atoms with Crippen LogP contribution in [0.4, 0.5) is 0 Å². The highest BCUT2D eigenvalue weighted by Gasteiger charge is 2.22. The number of aryl methyl sites for hydroxylation is 1. The number of hydrogen-bond donors (Lipinski definition) is 2. The minimum Gasteiger partial charge on any atom is -0.507 e. The zero-order valence-electron chi connectivity index (χ0n) is 17.1. The Labute approximate surface area is 179 Å². The number of hydrogen-bond acceptors (Lipinski definition) is 6. The van der Waals surface area contributed by atoms with Crippen LogP contribution in [0.15, 0.2) is 67.0 Å². The van der Waals surface area contributed by atoms with Crippen LogP contribution in [-0.4, -0.2) is 48.0 Å². The third-order valence-corrected chi connectivity index (χ3v) is 4.98. The van der Waals surface area contributed by atoms with Gasteiger partial charge in [0.15, 0.2) is 0 Å². The zero-order valence-corrected chi connectivity index (χ0v) is 17.1. The minimum atomic E-state index is -0.411. The summed E-state index contributed by atoms with van der Waals surface area (Å²) in [7, 11) is 1.61. The second-order valence-electron chi connectivity index (χ2n) is 7.18. The number of aromatic nitrogens is 4. The molecule has 0 saturated carbocycles. The minimum absolute atomic E-state index is 0.0664. The van der Waals surface area contributed by atoms with Crippen LogP contribution in [0.2, 0.25) is 0 Å². The van der Waals surface area contributed by atoms with E-state index in [4.69, 9.17) is 0 Å². The highest BCUT2D eigenvalue weighted by molar-refractivity contribution is 5.98. The molecule has 0 unspecified atom stereocenters. The molecule has 0 saturated heterocycles. The first-order valence-corrected chi connectivity index (χ1v) is 9.64. The van der Waals surface area contributed by atoms with Crippen LogP contribution in [-0.2, 0) is 6.54 Å². The van der Waals surface area contributed by atoms with Gasteiger partial charge in [-0.3, -0.25) is 4.79 Å². The van der Waals surface area contributed by atoms with Crippen molar-refractivity contribution in [1.82, 2.24) is 24.9 Å². The Bertz CT molecular complexity index is 1240. The maximum absolute atomic E-state index is 13.0. The number of amides is 1. The number of phenolic OH excluding ortho intramolecular Hbond substituents is 2. The average Bonchev–Trinajstić information content (AvgIpc) is 3.23. The molecule has 2 aromatic heterocycles. The van der Waals surface area contributed by atoms with Gasteiger partial charge in [-0.05, 0) is 42.8 Å². The van der Waals surface area contributed by atoms with Crippen molar-refractivity contribution in [3.63, 3.8) is 0 Å². The number of rotatable bonds is 5. The smallest absolute Gasteiger partial charge is 0.257 e. The second-order valence-corrected chi connectivity index (χ2v) is 7.18. The lowest BCUT2D eigenvalue weighted by molar-refractivity contribution is 0.0780. The molecular formula is C23H21N5O3. The highest BCUT2D eigenvalue weighted by Crippen LogP contribution is 2.36. The molecule has 156 valence electrons. The van der Waals surface area contributed by atoms with Crippen LogP contribution in [0, 0.1) is 6.92 Å². The Kier molecular flexibility index (Phi) is 5.36. The molecule has 0 aliphatic carbocycles. The number of carbonyl (C=O) groups excluding carboxylic acids is 1. The molecule has 0 aliphatic rings. The number of phenols is 2. The van der Waals surface area contributed by atoms with Crippen LogP contribution < -0.4 is 0 Å². The standard InChI is InChI=1S/C23H21N5O3/c1-15-6-3-4-8-19(15)28-20(9-11-25-28)17-12-18(22(30)13-21(17)29)23(31)27(2)14-16-7-5-10-24-26-16/h3-13,29-30H,14H2,1-2H3. The van der Waals surface area contributed by atoms with Crippen molar-refractivity contribution in [2.24, 2.45) is 0 Å². The Morgan fingerprint density at radius 1 is 1.03 bits per heavy atom. The van der Waals surface area contributed by atoms with Crippen LogP contribution >= 0.6 is 0 Å². The molecule has 2 N–H and O–H groups in total. The van der Waals surface area contributed by atoms with Gasteiger partial charge in [0, 0.05) is 24.9 Å². The van der Waals surface area contributed by atoms with Crippen molar-refractivity contribution in [2.75, 3.05) is 7.05 Å². The summed E-state index contributed by atoms with van der Waals surface area (Å²) in [5.74, 6) is -0.869. The lowest BCUT2D eigenvalue weighted by Crippen LogP contribution is -2.26. The van der Waals surface area contributed by atoms with Crippen molar-refractivity contribution in [2.45, 2.75) is 13.5 Å². The summed E-state index contributed by atoms with van der Waals surface area (Å²) in [5.41, 5.74) is 3.52. The van der Waals surface area contributed by atoms with E-state index in [1.165, 1.54) is 17.0 Å². The van der Waals surface area contributed by atoms with Gasteiger partial charge in [-0.15, -0.1) is 0 Å². The SMILES string of the molecule is Cc1ccccc1-n1nccc1-c1cc(C(=O)N(C)Cc2cccnn2)c(O)cc1O. The third kappa shape index (κ3) is 3.95. The van der Waals surface area contributed by atoms with Crippen molar-refractivity contribution in [3.8, 4) is 28.4 Å². The number of benzene rings is 2. The molecule has 4 rings (SSSR count). The summed E-state index contributed by atoms with van der Waals surface area (Å²) in [4.78, 5) is 14.5. The van der Waals surface area contributed by atoms with Crippen molar-refractivity contribution < 1.29 is 15.0 Å². The Morgan fingerprint density at radius 3 is 2.58 bits per heavy atom. The predicted octanol–water partition coefficient (Wildman–Crippen LogP) is 3.32. The zero-order chi connectivity index (χ0) is 22.0. The molecule has 8 heteroatoms. The molecule has 4 aromatic rings. The first kappa shape index (κ1) is 20.1. The van der Waals surface area contributed by atoms with Crippen LogP contribution in [0.3, 0.4) is 0 Å². The first-order valence-electron chi connectivity index (χ1n) is 9.64. The molecule has 0 spiro atoms. The van der Waals surface area contributed by atoms with Gasteiger partial charge >= 0.3 is 0 Å². The van der Waals surface area contributed by atoms with Crippen molar-refractivity contribution in [1.29, 1.82) is 0 Å². The Hall–Kier alpha value is -4.20. The lowest BCUT2D eigenvalue weighted by atomic mass is 10.0. The monoisotopic (exact) mass is 415 g/mol. The Balaban J connectivity index is 1.72. The van der Waals surface area contributed by atoms with Crippen LogP contribution in [0.25, 0.3) is 16.9 Å². The second kappa shape index (κ2) is 8.27. The first-order chi connectivity index (χ1) is 15.0. The summed E-state index contributed by atoms with van der Waals surface area (Å²) in [6, 6.07) is 15.6. The van der Waals surface area contributed by atoms with E-state index in [1.54, 1.807) is 42.3 Å². The van der Waals surface area contributed by atoms with E-state index in [9.17, 15) is 15.0 Å². The van der Waals surface area contributed by atoms with E-state index in [-0.39, 0.29) is 23.6 Å². The van der Waals surface area contributed by atoms with Crippen LogP contribution in [0.5, 0.6) is 11.5 Å². The van der Waals surface area contributed by atoms with Gasteiger partial charge in [0.2, 0.25) is 0 Å². The summed E-state index contributed by atoms with van der Waals surface area (Å²) in [6.07, 6.45) is 3.18. The van der Waals surface area contributed by atoms with Crippen molar-refractivity contribution >= 4 is 5.91 Å². The van der Waals surface area contributed by atoms with Gasteiger partial charge < -0.3 is 15.1 Å². The van der Waals surface area contributed by atoms with Gasteiger partial charge in [-0.2, -0.15) is 15.3 Å². The topological polar surface area (TPSA) is 104 Å². The quantitative estimate of drug-likeness (QED) is 0.518. The van der Waals surface area contributed by atoms with Crippen LogP contribution in [0.1, 0.15) is 21.6 Å². The molecule has 8 nitrogen and oxygen atoms in total. The summed E-state index contributed by atoms with van der Waals surface area (Å²) in [5, 5.41) is 33.1. The predicted molar refractivity (Wildman–Crippen MR) is 115 cm³/mol. The van der Waals surface area contributed by atoms with E-state index in [1.807, 2.05) is 31.2 Å². The Morgan fingerprint density at radius 2 is 1.84 bits per heavy atom. The number of para-hydroxylation sites is 1. The fourth-order valence-corrected chi connectivity index (χ4v) is 3.39. The van der Waals surface area contributed by atoms with Gasteiger partial charge in [0.05, 0.1) is 35.4 Å². The molecular weight excluding hydrogens is 394 g/mol. The molecule has 2 aromatic carbocycles. The molecule has 0 aliphatic heterocycles. The molecule has 31 heavy (non-hydrogen) atoms. The van der Waals surface area contributed by atoms with Crippen molar-refractivity contribution in [3.05, 3.63) is 83.8 Å². The van der Waals surface area contributed by atoms with Gasteiger partial charge in [-0.1, -0.05) is 18.2 Å². The molecule has 0 radical (unpaired) electrons. The van der Waals surface area contributed by atoms with E-state index >= 15 is 0 Å². The highest BCUT2D eigenvalue weighted by atomic mass is 16.3. The number of nitrogens with zero attached hydrogens (tertiary/aromatic N) is 5. The number of carbonyl (C=O) groups is 1. The summed E-state index contributed by atoms with van der Waals surface area (Å²) >= 11 is 0. The molecule has 2 heterocycles. The summed E-state index contributed by atoms with van der Waals surface area (Å²) in [6.45, 7) is 2.19. The maximum Gasteiger partial charge on any atom is 0.257 e. The number of aromatic hydroxyl groups is 2. The van der Waals surface area contributed by atoms with E-state index < -0.39 is 5.91 Å². The van der Waals surface area contributed by atoms with Gasteiger partial charge in [-0.25, -0.2) is 4.68 Å². The molecule has 0 atom stereocenters. The van der Waals surface area contributed by atoms with E-state index in [0.717, 1.165) is 11.3 Å². The molecule has 0 fully saturated rings. The maximum atomic E-state index is 13.0. The average molecular weight is 415 g/mol. The largest absolute Gasteiger partial charge is 0.507 e. The third-order valence-electron chi connectivity index (χ3n) is 4.98. The van der Waals surface area contributed by atoms with Gasteiger partial charge in [0.1, 0.15) is 11.5 Å². The summed E-state index contributed by atoms with van der Waals surface area (Å²) < 4.78 is 1.69. The fraction of sp³-hybridized carbons (Fsp3) is 0.130. The van der Waals surface area contributed by atoms with E-state index in [0.29, 0.717) is 17.0 Å². The van der Waals surface area contributed by atoms with E-state index in [2.05, 4.69) is 15.3 Å². The molecule has 1 amide bonds. The lowest BCUT2D eigenvalue weighted by Gasteiger charge is -2.18.